The first kappa shape index (κ1) is 31.7. The van der Waals surface area contributed by atoms with Crippen LogP contribution in [0, 0.1) is 0 Å². The van der Waals surface area contributed by atoms with Gasteiger partial charge in [-0.2, -0.15) is 0 Å². The number of esters is 2. The summed E-state index contributed by atoms with van der Waals surface area (Å²) in [7, 11) is 0. The van der Waals surface area contributed by atoms with Crippen molar-refractivity contribution >= 4 is 35.3 Å². The van der Waals surface area contributed by atoms with Gasteiger partial charge in [-0.25, -0.2) is 0 Å². The second-order valence-electron chi connectivity index (χ2n) is 11.5. The lowest BCUT2D eigenvalue weighted by Gasteiger charge is -2.28. The van der Waals surface area contributed by atoms with Crippen LogP contribution in [0.2, 0.25) is 0 Å². The van der Waals surface area contributed by atoms with Gasteiger partial charge < -0.3 is 14.2 Å². The maximum atomic E-state index is 13.8. The zero-order valence-electron chi connectivity index (χ0n) is 25.1. The highest BCUT2D eigenvalue weighted by Gasteiger charge is 2.37. The van der Waals surface area contributed by atoms with Crippen molar-refractivity contribution in [3.05, 3.63) is 59.7 Å². The average Bonchev–Trinajstić information content (AvgIpc) is 3.12. The fourth-order valence-corrected chi connectivity index (χ4v) is 5.13. The highest BCUT2D eigenvalue weighted by atomic mass is 16.6. The SMILES string of the molecule is CCOC(=O)[C@H](CCCCCN1C(=O)c2ccccc2C1=O)N[C@H]1COc2ccccc2N(CC(=O)OC(C)(C)C)C1=O. The Labute approximate surface area is 251 Å². The first-order chi connectivity index (χ1) is 20.5. The fourth-order valence-electron chi connectivity index (χ4n) is 5.13. The van der Waals surface area contributed by atoms with Crippen molar-refractivity contribution in [1.82, 2.24) is 10.2 Å². The summed E-state index contributed by atoms with van der Waals surface area (Å²) in [6.07, 6.45) is 2.12. The van der Waals surface area contributed by atoms with Crippen LogP contribution < -0.4 is 15.0 Å². The van der Waals surface area contributed by atoms with Crippen molar-refractivity contribution in [2.24, 2.45) is 0 Å². The number of anilines is 1. The molecule has 2 aromatic carbocycles. The number of amides is 3. The van der Waals surface area contributed by atoms with Crippen molar-refractivity contribution < 1.29 is 38.2 Å². The Morgan fingerprint density at radius 2 is 1.60 bits per heavy atom. The van der Waals surface area contributed by atoms with Gasteiger partial charge in [-0.3, -0.25) is 39.1 Å². The highest BCUT2D eigenvalue weighted by molar-refractivity contribution is 6.21. The van der Waals surface area contributed by atoms with Crippen molar-refractivity contribution in [2.45, 2.75) is 71.1 Å². The van der Waals surface area contributed by atoms with Crippen LogP contribution in [0.5, 0.6) is 5.75 Å². The first-order valence-corrected chi connectivity index (χ1v) is 14.6. The minimum Gasteiger partial charge on any atom is -0.489 e. The molecule has 2 heterocycles. The zero-order valence-corrected chi connectivity index (χ0v) is 25.1. The van der Waals surface area contributed by atoms with Gasteiger partial charge in [0.1, 0.15) is 36.6 Å². The van der Waals surface area contributed by atoms with Crippen molar-refractivity contribution in [2.75, 3.05) is 31.2 Å². The normalized spacial score (nSPS) is 17.1. The van der Waals surface area contributed by atoms with Crippen molar-refractivity contribution in [3.63, 3.8) is 0 Å². The topological polar surface area (TPSA) is 132 Å². The number of imide groups is 1. The number of ether oxygens (including phenoxy) is 3. The molecule has 0 saturated carbocycles. The van der Waals surface area contributed by atoms with Gasteiger partial charge in [-0.05, 0) is 64.8 Å². The molecule has 11 nitrogen and oxygen atoms in total. The molecule has 0 unspecified atom stereocenters. The second kappa shape index (κ2) is 13.8. The molecular weight excluding hydrogens is 554 g/mol. The van der Waals surface area contributed by atoms with Crippen LogP contribution in [0.4, 0.5) is 5.69 Å². The van der Waals surface area contributed by atoms with Crippen LogP contribution >= 0.6 is 0 Å². The van der Waals surface area contributed by atoms with E-state index in [-0.39, 0.29) is 38.1 Å². The number of hydrogen-bond acceptors (Lipinski definition) is 9. The molecule has 2 atom stereocenters. The molecule has 230 valence electrons. The molecule has 0 aromatic heterocycles. The predicted molar refractivity (Wildman–Crippen MR) is 158 cm³/mol. The van der Waals surface area contributed by atoms with Gasteiger partial charge in [0, 0.05) is 6.54 Å². The maximum absolute atomic E-state index is 13.8. The molecule has 11 heteroatoms. The van der Waals surface area contributed by atoms with E-state index in [4.69, 9.17) is 14.2 Å². The Morgan fingerprint density at radius 1 is 0.953 bits per heavy atom. The number of rotatable bonds is 12. The van der Waals surface area contributed by atoms with E-state index in [0.29, 0.717) is 48.2 Å². The molecule has 4 rings (SSSR count). The molecule has 2 aromatic rings. The van der Waals surface area contributed by atoms with Crippen molar-refractivity contribution in [1.29, 1.82) is 0 Å². The number of carbonyl (C=O) groups is 5. The highest BCUT2D eigenvalue weighted by Crippen LogP contribution is 2.31. The third-order valence-electron chi connectivity index (χ3n) is 7.06. The summed E-state index contributed by atoms with van der Waals surface area (Å²) in [5, 5.41) is 3.11. The van der Waals surface area contributed by atoms with Gasteiger partial charge in [-0.1, -0.05) is 37.1 Å². The minimum absolute atomic E-state index is 0.0592. The van der Waals surface area contributed by atoms with E-state index in [2.05, 4.69) is 5.32 Å². The van der Waals surface area contributed by atoms with Gasteiger partial charge in [0.15, 0.2) is 0 Å². The van der Waals surface area contributed by atoms with E-state index in [1.54, 1.807) is 76.2 Å². The van der Waals surface area contributed by atoms with E-state index in [9.17, 15) is 24.0 Å². The third kappa shape index (κ3) is 7.78. The second-order valence-corrected chi connectivity index (χ2v) is 11.5. The molecule has 0 radical (unpaired) electrons. The van der Waals surface area contributed by atoms with Crippen LogP contribution in [-0.4, -0.2) is 78.5 Å². The van der Waals surface area contributed by atoms with E-state index < -0.39 is 35.5 Å². The van der Waals surface area contributed by atoms with Gasteiger partial charge in [0.05, 0.1) is 23.4 Å². The molecule has 2 aliphatic rings. The largest absolute Gasteiger partial charge is 0.489 e. The summed E-state index contributed by atoms with van der Waals surface area (Å²) in [5.41, 5.74) is 0.534. The number of nitrogens with zero attached hydrogens (tertiary/aromatic N) is 2. The number of nitrogens with one attached hydrogen (secondary N) is 1. The Hall–Kier alpha value is -4.25. The summed E-state index contributed by atoms with van der Waals surface area (Å²) < 4.78 is 16.7. The summed E-state index contributed by atoms with van der Waals surface area (Å²) in [4.78, 5) is 67.2. The number of hydrogen-bond donors (Lipinski definition) is 1. The summed E-state index contributed by atoms with van der Waals surface area (Å²) >= 11 is 0. The van der Waals surface area contributed by atoms with Crippen LogP contribution in [0.15, 0.2) is 48.5 Å². The molecule has 2 aliphatic heterocycles. The standard InChI is InChI=1S/C32H39N3O8/c1-5-41-31(40)23(15-7-6-12-18-34-28(37)21-13-8-9-14-22(21)29(34)38)33-24-20-42-26-17-11-10-16-25(26)35(30(24)39)19-27(36)43-32(2,3)4/h8-11,13-14,16-17,23-24,33H,5-7,12,15,18-20H2,1-4H3/t23-,24-/m0/s1. The molecule has 0 saturated heterocycles. The molecule has 0 bridgehead atoms. The van der Waals surface area contributed by atoms with Gasteiger partial charge >= 0.3 is 11.9 Å². The fraction of sp³-hybridized carbons (Fsp3) is 0.469. The monoisotopic (exact) mass is 593 g/mol. The lowest BCUT2D eigenvalue weighted by molar-refractivity contribution is -0.154. The molecule has 0 aliphatic carbocycles. The number of fused-ring (bicyclic) bond motifs is 2. The van der Waals surface area contributed by atoms with Crippen LogP contribution in [0.3, 0.4) is 0 Å². The summed E-state index contributed by atoms with van der Waals surface area (Å²) in [5.74, 6) is -1.67. The average molecular weight is 594 g/mol. The number of para-hydroxylation sites is 2. The number of carbonyl (C=O) groups excluding carboxylic acids is 5. The maximum Gasteiger partial charge on any atom is 0.326 e. The quantitative estimate of drug-likeness (QED) is 0.223. The first-order valence-electron chi connectivity index (χ1n) is 14.6. The summed E-state index contributed by atoms with van der Waals surface area (Å²) in [6.45, 7) is 7.02. The third-order valence-corrected chi connectivity index (χ3v) is 7.06. The molecule has 43 heavy (non-hydrogen) atoms. The lowest BCUT2D eigenvalue weighted by Crippen LogP contribution is -2.55. The molecule has 0 fully saturated rings. The Kier molecular flexibility index (Phi) is 10.2. The minimum atomic E-state index is -0.942. The molecular formula is C32H39N3O8. The predicted octanol–water partition coefficient (Wildman–Crippen LogP) is 3.50. The van der Waals surface area contributed by atoms with Gasteiger partial charge in [0.25, 0.3) is 11.8 Å². The molecule has 3 amide bonds. The molecule has 0 spiro atoms. The van der Waals surface area contributed by atoms with Gasteiger partial charge in [0.2, 0.25) is 5.91 Å². The van der Waals surface area contributed by atoms with Gasteiger partial charge in [-0.15, -0.1) is 0 Å². The lowest BCUT2D eigenvalue weighted by atomic mass is 10.1. The van der Waals surface area contributed by atoms with Crippen LogP contribution in [-0.2, 0) is 23.9 Å². The summed E-state index contributed by atoms with van der Waals surface area (Å²) in [6, 6.07) is 11.9. The van der Waals surface area contributed by atoms with E-state index in [0.717, 1.165) is 0 Å². The van der Waals surface area contributed by atoms with E-state index in [1.165, 1.54) is 9.80 Å². The zero-order chi connectivity index (χ0) is 31.1. The van der Waals surface area contributed by atoms with Crippen LogP contribution in [0.1, 0.15) is 74.1 Å². The molecule has 1 N–H and O–H groups in total. The van der Waals surface area contributed by atoms with Crippen LogP contribution in [0.25, 0.3) is 0 Å². The van der Waals surface area contributed by atoms with Crippen molar-refractivity contribution in [3.8, 4) is 5.75 Å². The van der Waals surface area contributed by atoms with E-state index >= 15 is 0 Å². The number of benzene rings is 2. The Balaban J connectivity index is 1.39. The number of unbranched alkanes of at least 4 members (excludes halogenated alkanes) is 2. The Morgan fingerprint density at radius 3 is 2.26 bits per heavy atom. The Bertz CT molecular complexity index is 1330. The van der Waals surface area contributed by atoms with E-state index in [1.807, 2.05) is 0 Å². The smallest absolute Gasteiger partial charge is 0.326 e.